The quantitative estimate of drug-likeness (QED) is 0.229. The topological polar surface area (TPSA) is 76.1 Å². The zero-order chi connectivity index (χ0) is 18.3. The molecule has 1 N–H and O–H groups in total. The lowest BCUT2D eigenvalue weighted by atomic mass is 10.0. The molecule has 0 amide bonds. The van der Waals surface area contributed by atoms with E-state index in [-0.39, 0.29) is 5.97 Å². The van der Waals surface area contributed by atoms with Gasteiger partial charge in [-0.2, -0.15) is 0 Å². The van der Waals surface area contributed by atoms with Gasteiger partial charge in [0.15, 0.2) is 0 Å². The number of carboxylic acid groups (broad SMARTS) is 1. The highest BCUT2D eigenvalue weighted by molar-refractivity contribution is 5.66. The van der Waals surface area contributed by atoms with Gasteiger partial charge in [0, 0.05) is 13.3 Å². The third-order valence-electron chi connectivity index (χ3n) is 4.76. The number of rotatable bonds is 17. The first-order chi connectivity index (χ1) is 12.1. The van der Waals surface area contributed by atoms with Crippen LogP contribution >= 0.6 is 0 Å². The van der Waals surface area contributed by atoms with E-state index in [1.807, 2.05) is 0 Å². The van der Waals surface area contributed by atoms with Gasteiger partial charge in [-0.1, -0.05) is 57.8 Å². The Bertz CT molecular complexity index is 369. The molecule has 5 heteroatoms. The number of carbonyl (C=O) groups is 2. The lowest BCUT2D eigenvalue weighted by molar-refractivity contribution is -0.141. The number of ether oxygens (including phenoxy) is 2. The molecule has 5 nitrogen and oxygen atoms in total. The summed E-state index contributed by atoms with van der Waals surface area (Å²) in [5.74, 6) is -0.867. The molecule has 0 aromatic heterocycles. The zero-order valence-corrected chi connectivity index (χ0v) is 15.8. The highest BCUT2D eigenvalue weighted by atomic mass is 16.6. The van der Waals surface area contributed by atoms with Crippen molar-refractivity contribution in [3.63, 3.8) is 0 Å². The molecule has 1 saturated heterocycles. The minimum atomic E-state index is -0.684. The van der Waals surface area contributed by atoms with Crippen molar-refractivity contribution < 1.29 is 24.2 Å². The fourth-order valence-corrected chi connectivity index (χ4v) is 3.21. The summed E-state index contributed by atoms with van der Waals surface area (Å²) in [7, 11) is 0. The van der Waals surface area contributed by atoms with Gasteiger partial charge in [-0.15, -0.1) is 0 Å². The molecule has 0 spiro atoms. The Morgan fingerprint density at radius 2 is 1.28 bits per heavy atom. The molecule has 0 radical (unpaired) electrons. The predicted octanol–water partition coefficient (Wildman–Crippen LogP) is 4.86. The van der Waals surface area contributed by atoms with Gasteiger partial charge in [0.25, 0.3) is 0 Å². The number of unbranched alkanes of at least 4 members (excludes halogenated alkanes) is 9. The summed E-state index contributed by atoms with van der Waals surface area (Å²) in [5.41, 5.74) is 0. The Morgan fingerprint density at radius 1 is 0.800 bits per heavy atom. The van der Waals surface area contributed by atoms with Crippen LogP contribution in [0.1, 0.15) is 96.8 Å². The minimum absolute atomic E-state index is 0.183. The monoisotopic (exact) mass is 356 g/mol. The molecular formula is C20H36O5. The summed E-state index contributed by atoms with van der Waals surface area (Å²) >= 11 is 0. The van der Waals surface area contributed by atoms with Gasteiger partial charge in [0.1, 0.15) is 0 Å². The Morgan fingerprint density at radius 3 is 1.80 bits per heavy atom. The number of esters is 1. The van der Waals surface area contributed by atoms with Crippen LogP contribution in [0.2, 0.25) is 0 Å². The SMILES string of the molecule is CC(=O)OCCCCCCCCC1O[C@H]1CCCCCCCC(=O)O. The molecule has 25 heavy (non-hydrogen) atoms. The van der Waals surface area contributed by atoms with Crippen LogP contribution in [-0.2, 0) is 19.1 Å². The van der Waals surface area contributed by atoms with E-state index in [0.717, 1.165) is 32.1 Å². The van der Waals surface area contributed by atoms with Crippen molar-refractivity contribution in [2.75, 3.05) is 6.61 Å². The maximum atomic E-state index is 10.6. The van der Waals surface area contributed by atoms with Gasteiger partial charge < -0.3 is 14.6 Å². The number of aliphatic carboxylic acids is 1. The summed E-state index contributed by atoms with van der Waals surface area (Å²) in [4.78, 5) is 21.0. The lowest BCUT2D eigenvalue weighted by Gasteiger charge is -2.02. The lowest BCUT2D eigenvalue weighted by Crippen LogP contribution is -2.00. The Hall–Kier alpha value is -1.10. The second kappa shape index (κ2) is 14.1. The molecule has 0 aliphatic carbocycles. The summed E-state index contributed by atoms with van der Waals surface area (Å²) < 4.78 is 10.6. The Kier molecular flexibility index (Phi) is 12.4. The highest BCUT2D eigenvalue weighted by Gasteiger charge is 2.36. The summed E-state index contributed by atoms with van der Waals surface area (Å²) in [6, 6.07) is 0. The standard InChI is InChI=1S/C20H36O5/c1-17(21)24-16-12-8-3-2-5-9-13-18-19(25-18)14-10-6-4-7-11-15-20(22)23/h18-19H,2-16H2,1H3,(H,22,23)/t18?,19-/m0/s1. The second-order valence-corrected chi connectivity index (χ2v) is 7.16. The van der Waals surface area contributed by atoms with Crippen LogP contribution in [0.4, 0.5) is 0 Å². The minimum Gasteiger partial charge on any atom is -0.481 e. The number of hydrogen-bond acceptors (Lipinski definition) is 4. The zero-order valence-electron chi connectivity index (χ0n) is 15.8. The predicted molar refractivity (Wildman–Crippen MR) is 97.6 cm³/mol. The van der Waals surface area contributed by atoms with Gasteiger partial charge >= 0.3 is 11.9 Å². The van der Waals surface area contributed by atoms with Gasteiger partial charge in [-0.3, -0.25) is 9.59 Å². The van der Waals surface area contributed by atoms with Crippen LogP contribution in [0.5, 0.6) is 0 Å². The van der Waals surface area contributed by atoms with E-state index in [0.29, 0.717) is 25.2 Å². The summed E-state index contributed by atoms with van der Waals surface area (Å²) in [5, 5.41) is 8.56. The smallest absolute Gasteiger partial charge is 0.303 e. The number of hydrogen-bond donors (Lipinski definition) is 1. The third-order valence-corrected chi connectivity index (χ3v) is 4.76. The first kappa shape index (κ1) is 21.9. The molecular weight excluding hydrogens is 320 g/mol. The summed E-state index contributed by atoms with van der Waals surface area (Å²) in [6.45, 7) is 2.02. The van der Waals surface area contributed by atoms with Crippen LogP contribution in [0, 0.1) is 0 Å². The first-order valence-corrected chi connectivity index (χ1v) is 10.1. The maximum Gasteiger partial charge on any atom is 0.303 e. The molecule has 0 bridgehead atoms. The van der Waals surface area contributed by atoms with E-state index in [2.05, 4.69) is 0 Å². The van der Waals surface area contributed by atoms with E-state index < -0.39 is 5.97 Å². The molecule has 1 aliphatic heterocycles. The van der Waals surface area contributed by atoms with Gasteiger partial charge in [0.05, 0.1) is 18.8 Å². The number of epoxide rings is 1. The summed E-state index contributed by atoms with van der Waals surface area (Å²) in [6.07, 6.45) is 16.1. The molecule has 0 aromatic rings. The molecule has 1 rings (SSSR count). The van der Waals surface area contributed by atoms with Gasteiger partial charge in [-0.25, -0.2) is 0 Å². The van der Waals surface area contributed by atoms with Crippen LogP contribution in [0.3, 0.4) is 0 Å². The fourth-order valence-electron chi connectivity index (χ4n) is 3.21. The molecule has 0 aromatic carbocycles. The number of carbonyl (C=O) groups excluding carboxylic acids is 1. The van der Waals surface area contributed by atoms with Crippen molar-refractivity contribution in [1.29, 1.82) is 0 Å². The van der Waals surface area contributed by atoms with E-state index in [9.17, 15) is 9.59 Å². The molecule has 1 heterocycles. The van der Waals surface area contributed by atoms with E-state index in [1.165, 1.54) is 58.3 Å². The average molecular weight is 357 g/mol. The molecule has 0 saturated carbocycles. The average Bonchev–Trinajstić information content (AvgIpc) is 3.30. The third kappa shape index (κ3) is 13.8. The van der Waals surface area contributed by atoms with Crippen LogP contribution in [-0.4, -0.2) is 35.9 Å². The van der Waals surface area contributed by atoms with Crippen molar-refractivity contribution in [2.24, 2.45) is 0 Å². The Labute approximate surface area is 152 Å². The van der Waals surface area contributed by atoms with E-state index in [1.54, 1.807) is 0 Å². The van der Waals surface area contributed by atoms with Crippen molar-refractivity contribution >= 4 is 11.9 Å². The molecule has 2 atom stereocenters. The van der Waals surface area contributed by atoms with Crippen molar-refractivity contribution in [2.45, 2.75) is 109 Å². The van der Waals surface area contributed by atoms with Crippen LogP contribution in [0.25, 0.3) is 0 Å². The van der Waals surface area contributed by atoms with Crippen LogP contribution in [0.15, 0.2) is 0 Å². The van der Waals surface area contributed by atoms with Gasteiger partial charge in [-0.05, 0) is 25.7 Å². The highest BCUT2D eigenvalue weighted by Crippen LogP contribution is 2.31. The van der Waals surface area contributed by atoms with E-state index in [4.69, 9.17) is 14.6 Å². The molecule has 1 fully saturated rings. The van der Waals surface area contributed by atoms with Crippen molar-refractivity contribution in [1.82, 2.24) is 0 Å². The maximum absolute atomic E-state index is 10.6. The van der Waals surface area contributed by atoms with Crippen LogP contribution < -0.4 is 0 Å². The van der Waals surface area contributed by atoms with Crippen molar-refractivity contribution in [3.8, 4) is 0 Å². The van der Waals surface area contributed by atoms with Gasteiger partial charge in [0.2, 0.25) is 0 Å². The molecule has 146 valence electrons. The molecule has 1 aliphatic rings. The Balaban J connectivity index is 1.75. The first-order valence-electron chi connectivity index (χ1n) is 10.1. The largest absolute Gasteiger partial charge is 0.481 e. The fraction of sp³-hybridized carbons (Fsp3) is 0.900. The normalized spacial score (nSPS) is 18.9. The number of carboxylic acids is 1. The second-order valence-electron chi connectivity index (χ2n) is 7.16. The van der Waals surface area contributed by atoms with Crippen molar-refractivity contribution in [3.05, 3.63) is 0 Å². The van der Waals surface area contributed by atoms with E-state index >= 15 is 0 Å². The molecule has 1 unspecified atom stereocenters.